The molecule has 1 N–H and O–H groups in total. The maximum Gasteiger partial charge on any atom is 0.121 e. The smallest absolute Gasteiger partial charge is 0.121 e. The molecule has 1 aliphatic heterocycles. The Labute approximate surface area is 116 Å². The van der Waals surface area contributed by atoms with Crippen LogP contribution < -0.4 is 0 Å². The second-order valence-corrected chi connectivity index (χ2v) is 5.86. The summed E-state index contributed by atoms with van der Waals surface area (Å²) in [5, 5.41) is 9.80. The van der Waals surface area contributed by atoms with Crippen molar-refractivity contribution in [2.45, 2.75) is 33.2 Å². The summed E-state index contributed by atoms with van der Waals surface area (Å²) in [6, 6.07) is 4.16. The van der Waals surface area contributed by atoms with Gasteiger partial charge in [0.15, 0.2) is 0 Å². The fourth-order valence-electron chi connectivity index (χ4n) is 2.91. The number of phenols is 1. The lowest BCUT2D eigenvalue weighted by atomic mass is 10.0. The Bertz CT molecular complexity index is 402. The van der Waals surface area contributed by atoms with Crippen molar-refractivity contribution in [3.63, 3.8) is 0 Å². The molecule has 106 valence electrons. The van der Waals surface area contributed by atoms with E-state index in [1.54, 1.807) is 0 Å². The van der Waals surface area contributed by atoms with E-state index in [0.29, 0.717) is 11.7 Å². The number of nitrogens with zero attached hydrogens (tertiary/aromatic N) is 1. The number of phenolic OH excluding ortho intramolecular Hbond substituents is 1. The minimum absolute atomic E-state index is 0.423. The van der Waals surface area contributed by atoms with E-state index in [4.69, 9.17) is 4.74 Å². The largest absolute Gasteiger partial charge is 0.507 e. The van der Waals surface area contributed by atoms with Crippen LogP contribution in [0, 0.1) is 19.8 Å². The number of benzene rings is 1. The lowest BCUT2D eigenvalue weighted by Crippen LogP contribution is -2.30. The number of hydrogen-bond acceptors (Lipinski definition) is 3. The zero-order chi connectivity index (χ0) is 13.8. The van der Waals surface area contributed by atoms with Gasteiger partial charge in [0.05, 0.1) is 6.61 Å². The lowest BCUT2D eigenvalue weighted by molar-refractivity contribution is 0.0411. The van der Waals surface area contributed by atoms with Crippen molar-refractivity contribution in [3.05, 3.63) is 28.8 Å². The first-order valence-corrected chi connectivity index (χ1v) is 7.11. The van der Waals surface area contributed by atoms with Crippen molar-refractivity contribution in [1.29, 1.82) is 0 Å². The van der Waals surface area contributed by atoms with E-state index in [1.165, 1.54) is 18.4 Å². The molecule has 0 aromatic heterocycles. The van der Waals surface area contributed by atoms with E-state index in [9.17, 15) is 5.11 Å². The number of ether oxygens (including phenoxy) is 1. The van der Waals surface area contributed by atoms with E-state index in [1.807, 2.05) is 13.8 Å². The molecule has 1 fully saturated rings. The Morgan fingerprint density at radius 3 is 2.58 bits per heavy atom. The standard InChI is InChI=1S/C16H25NO2/c1-12-7-15(8-13(2)16(12)18)10-17(3)9-14-5-4-6-19-11-14/h7-8,14,18H,4-6,9-11H2,1-3H3. The predicted octanol–water partition coefficient (Wildman–Crippen LogP) is 2.87. The van der Waals surface area contributed by atoms with Crippen molar-refractivity contribution in [2.24, 2.45) is 5.92 Å². The van der Waals surface area contributed by atoms with Crippen LogP contribution in [0.15, 0.2) is 12.1 Å². The molecule has 2 rings (SSSR count). The SMILES string of the molecule is Cc1cc(CN(C)CC2CCCOC2)cc(C)c1O. The minimum Gasteiger partial charge on any atom is -0.507 e. The van der Waals surface area contributed by atoms with Crippen LogP contribution in [-0.4, -0.2) is 36.8 Å². The van der Waals surface area contributed by atoms with Crippen LogP contribution in [-0.2, 0) is 11.3 Å². The van der Waals surface area contributed by atoms with Gasteiger partial charge in [-0.3, -0.25) is 0 Å². The third-order valence-corrected chi connectivity index (χ3v) is 3.83. The van der Waals surface area contributed by atoms with Crippen molar-refractivity contribution in [3.8, 4) is 5.75 Å². The first-order valence-electron chi connectivity index (χ1n) is 7.11. The van der Waals surface area contributed by atoms with E-state index >= 15 is 0 Å². The number of aryl methyl sites for hydroxylation is 2. The Morgan fingerprint density at radius 1 is 1.32 bits per heavy atom. The summed E-state index contributed by atoms with van der Waals surface area (Å²) in [7, 11) is 2.16. The van der Waals surface area contributed by atoms with Gasteiger partial charge >= 0.3 is 0 Å². The number of hydrogen-bond donors (Lipinski definition) is 1. The molecule has 0 bridgehead atoms. The highest BCUT2D eigenvalue weighted by Gasteiger charge is 2.16. The Balaban J connectivity index is 1.92. The molecule has 3 heteroatoms. The van der Waals surface area contributed by atoms with Crippen molar-refractivity contribution in [1.82, 2.24) is 4.90 Å². The molecule has 3 nitrogen and oxygen atoms in total. The zero-order valence-corrected chi connectivity index (χ0v) is 12.3. The van der Waals surface area contributed by atoms with Crippen molar-refractivity contribution >= 4 is 0 Å². The van der Waals surface area contributed by atoms with Gasteiger partial charge in [0.25, 0.3) is 0 Å². The molecule has 0 saturated carbocycles. The predicted molar refractivity (Wildman–Crippen MR) is 77.5 cm³/mol. The Kier molecular flexibility index (Phi) is 4.83. The van der Waals surface area contributed by atoms with E-state index in [0.717, 1.165) is 37.4 Å². The molecule has 0 spiro atoms. The summed E-state index contributed by atoms with van der Waals surface area (Å²) < 4.78 is 5.53. The summed E-state index contributed by atoms with van der Waals surface area (Å²) in [4.78, 5) is 2.35. The van der Waals surface area contributed by atoms with Gasteiger partial charge in [-0.25, -0.2) is 0 Å². The van der Waals surface area contributed by atoms with Crippen molar-refractivity contribution in [2.75, 3.05) is 26.8 Å². The summed E-state index contributed by atoms with van der Waals surface area (Å²) in [6.45, 7) is 7.76. The first kappa shape index (κ1) is 14.4. The van der Waals surface area contributed by atoms with Gasteiger partial charge in [0.2, 0.25) is 0 Å². The third-order valence-electron chi connectivity index (χ3n) is 3.83. The molecular weight excluding hydrogens is 238 g/mol. The van der Waals surface area contributed by atoms with Crippen molar-refractivity contribution < 1.29 is 9.84 Å². The Morgan fingerprint density at radius 2 is 2.00 bits per heavy atom. The highest BCUT2D eigenvalue weighted by Crippen LogP contribution is 2.24. The third kappa shape index (κ3) is 3.95. The minimum atomic E-state index is 0.423. The molecule has 1 atom stereocenters. The summed E-state index contributed by atoms with van der Waals surface area (Å²) in [5.41, 5.74) is 3.20. The van der Waals surface area contributed by atoms with Gasteiger partial charge in [0, 0.05) is 19.7 Å². The molecule has 1 aromatic carbocycles. The summed E-state index contributed by atoms with van der Waals surface area (Å²) in [6.07, 6.45) is 2.47. The summed E-state index contributed by atoms with van der Waals surface area (Å²) in [5.74, 6) is 1.09. The second kappa shape index (κ2) is 6.40. The van der Waals surface area contributed by atoms with Gasteiger partial charge in [-0.1, -0.05) is 12.1 Å². The average Bonchev–Trinajstić information content (AvgIpc) is 2.37. The second-order valence-electron chi connectivity index (χ2n) is 5.86. The topological polar surface area (TPSA) is 32.7 Å². The Hall–Kier alpha value is -1.06. The van der Waals surface area contributed by atoms with E-state index in [2.05, 4.69) is 24.1 Å². The monoisotopic (exact) mass is 263 g/mol. The normalized spacial score (nSPS) is 19.9. The van der Waals surface area contributed by atoms with Gasteiger partial charge in [0.1, 0.15) is 5.75 Å². The average molecular weight is 263 g/mol. The molecule has 19 heavy (non-hydrogen) atoms. The molecule has 1 saturated heterocycles. The highest BCUT2D eigenvalue weighted by atomic mass is 16.5. The number of rotatable bonds is 4. The fourth-order valence-corrected chi connectivity index (χ4v) is 2.91. The number of aromatic hydroxyl groups is 1. The highest BCUT2D eigenvalue weighted by molar-refractivity contribution is 5.42. The molecule has 1 aliphatic rings. The van der Waals surface area contributed by atoms with Gasteiger partial charge in [-0.05, 0) is 56.3 Å². The van der Waals surface area contributed by atoms with Crippen LogP contribution in [0.3, 0.4) is 0 Å². The molecule has 0 aliphatic carbocycles. The fraction of sp³-hybridized carbons (Fsp3) is 0.625. The quantitative estimate of drug-likeness (QED) is 0.906. The zero-order valence-electron chi connectivity index (χ0n) is 12.3. The van der Waals surface area contributed by atoms with Crippen LogP contribution in [0.25, 0.3) is 0 Å². The van der Waals surface area contributed by atoms with Crippen LogP contribution >= 0.6 is 0 Å². The van der Waals surface area contributed by atoms with E-state index < -0.39 is 0 Å². The van der Waals surface area contributed by atoms with Gasteiger partial charge in [-0.15, -0.1) is 0 Å². The molecule has 1 aromatic rings. The lowest BCUT2D eigenvalue weighted by Gasteiger charge is -2.27. The van der Waals surface area contributed by atoms with Crippen LogP contribution in [0.4, 0.5) is 0 Å². The van der Waals surface area contributed by atoms with Gasteiger partial charge < -0.3 is 14.7 Å². The molecule has 0 radical (unpaired) electrons. The molecular formula is C16H25NO2. The summed E-state index contributed by atoms with van der Waals surface area (Å²) >= 11 is 0. The molecule has 1 unspecified atom stereocenters. The molecule has 0 amide bonds. The van der Waals surface area contributed by atoms with Gasteiger partial charge in [-0.2, -0.15) is 0 Å². The van der Waals surface area contributed by atoms with Crippen LogP contribution in [0.5, 0.6) is 5.75 Å². The molecule has 1 heterocycles. The van der Waals surface area contributed by atoms with E-state index in [-0.39, 0.29) is 0 Å². The maximum atomic E-state index is 9.80. The van der Waals surface area contributed by atoms with Crippen LogP contribution in [0.2, 0.25) is 0 Å². The maximum absolute atomic E-state index is 9.80. The first-order chi connectivity index (χ1) is 9.06. The van der Waals surface area contributed by atoms with Crippen LogP contribution in [0.1, 0.15) is 29.5 Å².